The highest BCUT2D eigenvalue weighted by molar-refractivity contribution is 8.00. The third-order valence-electron chi connectivity index (χ3n) is 5.56. The number of hydrogen-bond acceptors (Lipinski definition) is 6. The lowest BCUT2D eigenvalue weighted by molar-refractivity contribution is -0.121. The van der Waals surface area contributed by atoms with Crippen LogP contribution in [0.4, 0.5) is 0 Å². The number of carbonyl (C=O) groups excluding carboxylic acids is 1. The molecule has 1 heterocycles. The predicted molar refractivity (Wildman–Crippen MR) is 117 cm³/mol. The number of methoxy groups -OCH3 is 1. The highest BCUT2D eigenvalue weighted by atomic mass is 32.2. The molecule has 3 rings (SSSR count). The number of carbonyl (C=O) groups is 1. The van der Waals surface area contributed by atoms with Gasteiger partial charge >= 0.3 is 0 Å². The summed E-state index contributed by atoms with van der Waals surface area (Å²) < 4.78 is 6.85. The van der Waals surface area contributed by atoms with Gasteiger partial charge in [0.1, 0.15) is 5.54 Å². The Labute approximate surface area is 180 Å². The summed E-state index contributed by atoms with van der Waals surface area (Å²) in [7, 11) is 1.59. The number of amides is 1. The molecule has 0 unspecified atom stereocenters. The van der Waals surface area contributed by atoms with Crippen LogP contribution in [0.2, 0.25) is 0 Å². The van der Waals surface area contributed by atoms with E-state index in [1.807, 2.05) is 19.1 Å². The molecule has 2 aromatic rings. The van der Waals surface area contributed by atoms with Crippen LogP contribution >= 0.6 is 11.8 Å². The van der Waals surface area contributed by atoms with Crippen molar-refractivity contribution >= 4 is 28.6 Å². The van der Waals surface area contributed by atoms with E-state index in [0.29, 0.717) is 35.5 Å². The van der Waals surface area contributed by atoms with Gasteiger partial charge in [-0.15, -0.1) is 0 Å². The zero-order valence-electron chi connectivity index (χ0n) is 17.7. The lowest BCUT2D eigenvalue weighted by atomic mass is 9.83. The molecule has 2 atom stereocenters. The Morgan fingerprint density at radius 1 is 1.33 bits per heavy atom. The Hall–Kier alpha value is -2.37. The van der Waals surface area contributed by atoms with Gasteiger partial charge < -0.3 is 10.1 Å². The molecule has 0 aliphatic heterocycles. The van der Waals surface area contributed by atoms with Gasteiger partial charge in [-0.1, -0.05) is 43.2 Å². The Morgan fingerprint density at radius 2 is 2.03 bits per heavy atom. The van der Waals surface area contributed by atoms with Crippen LogP contribution in [-0.2, 0) is 9.53 Å². The first-order chi connectivity index (χ1) is 14.4. The zero-order valence-corrected chi connectivity index (χ0v) is 18.5. The normalized spacial score (nSPS) is 17.8. The highest BCUT2D eigenvalue weighted by Crippen LogP contribution is 2.30. The topological polar surface area (TPSA) is 97.0 Å². The molecule has 0 spiro atoms. The van der Waals surface area contributed by atoms with Gasteiger partial charge in [0, 0.05) is 7.11 Å². The molecule has 0 bridgehead atoms. The quantitative estimate of drug-likeness (QED) is 0.536. The first kappa shape index (κ1) is 22.3. The van der Waals surface area contributed by atoms with E-state index in [-0.39, 0.29) is 17.5 Å². The number of nitrogens with one attached hydrogen (secondary N) is 1. The van der Waals surface area contributed by atoms with Crippen LogP contribution in [-0.4, -0.2) is 40.0 Å². The fourth-order valence-corrected chi connectivity index (χ4v) is 4.89. The van der Waals surface area contributed by atoms with E-state index >= 15 is 0 Å². The summed E-state index contributed by atoms with van der Waals surface area (Å²) in [6, 6.07) is 9.28. The number of aromatic nitrogens is 2. The lowest BCUT2D eigenvalue weighted by Gasteiger charge is -2.32. The zero-order chi connectivity index (χ0) is 21.7. The first-order valence-electron chi connectivity index (χ1n) is 10.3. The standard InChI is InChI=1S/C22H28N4O3S/c1-15(13-29-3)26-20(28)17-9-5-6-10-18(17)24-21(26)30-16(2)19(27)25-22(14-23)11-7-4-8-12-22/h5-6,9-10,15-16H,4,7-8,11-13H2,1-3H3,(H,25,27)/t15-,16-/m1/s1. The molecule has 0 saturated heterocycles. The fraction of sp³-hybridized carbons (Fsp3) is 0.545. The SMILES string of the molecule is COC[C@@H](C)n1c(S[C@H](C)C(=O)NC2(C#N)CCCCC2)nc2ccccc2c1=O. The largest absolute Gasteiger partial charge is 0.383 e. The number of fused-ring (bicyclic) bond motifs is 1. The second-order valence-electron chi connectivity index (χ2n) is 7.89. The number of hydrogen-bond donors (Lipinski definition) is 1. The van der Waals surface area contributed by atoms with Crippen LogP contribution in [0.3, 0.4) is 0 Å². The number of benzene rings is 1. The molecular formula is C22H28N4O3S. The van der Waals surface area contributed by atoms with Gasteiger partial charge in [-0.05, 0) is 38.8 Å². The van der Waals surface area contributed by atoms with Crippen molar-refractivity contribution < 1.29 is 9.53 Å². The molecule has 1 aliphatic rings. The molecule has 1 aromatic heterocycles. The molecule has 30 heavy (non-hydrogen) atoms. The maximum atomic E-state index is 13.1. The summed E-state index contributed by atoms with van der Waals surface area (Å²) in [5.74, 6) is -0.211. The van der Waals surface area contributed by atoms with Crippen molar-refractivity contribution in [2.24, 2.45) is 0 Å². The molecule has 160 valence electrons. The summed E-state index contributed by atoms with van der Waals surface area (Å²) in [4.78, 5) is 30.7. The van der Waals surface area contributed by atoms with Crippen molar-refractivity contribution in [2.75, 3.05) is 13.7 Å². The van der Waals surface area contributed by atoms with Gasteiger partial charge in [0.15, 0.2) is 5.16 Å². The molecule has 7 nitrogen and oxygen atoms in total. The fourth-order valence-electron chi connectivity index (χ4n) is 3.88. The van der Waals surface area contributed by atoms with Crippen molar-refractivity contribution in [3.63, 3.8) is 0 Å². The van der Waals surface area contributed by atoms with Crippen molar-refractivity contribution in [3.8, 4) is 6.07 Å². The molecule has 1 aromatic carbocycles. The maximum Gasteiger partial charge on any atom is 0.262 e. The molecular weight excluding hydrogens is 400 g/mol. The van der Waals surface area contributed by atoms with E-state index in [1.165, 1.54) is 11.8 Å². The summed E-state index contributed by atoms with van der Waals surface area (Å²) in [5.41, 5.74) is -0.343. The number of nitriles is 1. The van der Waals surface area contributed by atoms with Crippen LogP contribution in [0.15, 0.2) is 34.2 Å². The number of thioether (sulfide) groups is 1. The van der Waals surface area contributed by atoms with Crippen LogP contribution in [0.5, 0.6) is 0 Å². The van der Waals surface area contributed by atoms with Crippen LogP contribution < -0.4 is 10.9 Å². The van der Waals surface area contributed by atoms with Gasteiger partial charge in [-0.2, -0.15) is 5.26 Å². The molecule has 0 radical (unpaired) electrons. The molecule has 8 heteroatoms. The monoisotopic (exact) mass is 428 g/mol. The van der Waals surface area contributed by atoms with Gasteiger partial charge in [0.05, 0.1) is 34.9 Å². The summed E-state index contributed by atoms with van der Waals surface area (Å²) in [5, 5.41) is 13.1. The van der Waals surface area contributed by atoms with Gasteiger partial charge in [0.25, 0.3) is 5.56 Å². The second-order valence-corrected chi connectivity index (χ2v) is 9.20. The summed E-state index contributed by atoms with van der Waals surface area (Å²) in [6.45, 7) is 4.02. The lowest BCUT2D eigenvalue weighted by Crippen LogP contribution is -2.51. The number of para-hydroxylation sites is 1. The van der Waals surface area contributed by atoms with Crippen LogP contribution in [0, 0.1) is 11.3 Å². The van der Waals surface area contributed by atoms with E-state index in [4.69, 9.17) is 4.74 Å². The van der Waals surface area contributed by atoms with Crippen molar-refractivity contribution in [3.05, 3.63) is 34.6 Å². The van der Waals surface area contributed by atoms with Gasteiger partial charge in [0.2, 0.25) is 5.91 Å². The van der Waals surface area contributed by atoms with E-state index in [2.05, 4.69) is 16.4 Å². The molecule has 1 aliphatic carbocycles. The molecule has 1 fully saturated rings. The average Bonchev–Trinajstić information content (AvgIpc) is 2.74. The minimum atomic E-state index is -0.788. The third kappa shape index (κ3) is 4.68. The molecule has 1 amide bonds. The molecule has 1 N–H and O–H groups in total. The van der Waals surface area contributed by atoms with Crippen LogP contribution in [0.1, 0.15) is 52.0 Å². The molecule has 1 saturated carbocycles. The number of nitrogens with zero attached hydrogens (tertiary/aromatic N) is 3. The Balaban J connectivity index is 1.90. The van der Waals surface area contributed by atoms with Crippen molar-refractivity contribution in [1.82, 2.24) is 14.9 Å². The average molecular weight is 429 g/mol. The van der Waals surface area contributed by atoms with E-state index in [1.54, 1.807) is 30.7 Å². The third-order valence-corrected chi connectivity index (χ3v) is 6.63. The minimum absolute atomic E-state index is 0.152. The van der Waals surface area contributed by atoms with Crippen molar-refractivity contribution in [2.45, 2.75) is 67.9 Å². The van der Waals surface area contributed by atoms with E-state index in [0.717, 1.165) is 19.3 Å². The number of ether oxygens (including phenoxy) is 1. The highest BCUT2D eigenvalue weighted by Gasteiger charge is 2.35. The Bertz CT molecular complexity index is 1010. The summed E-state index contributed by atoms with van der Waals surface area (Å²) >= 11 is 1.23. The predicted octanol–water partition coefficient (Wildman–Crippen LogP) is 3.43. The van der Waals surface area contributed by atoms with Gasteiger partial charge in [-0.25, -0.2) is 4.98 Å². The minimum Gasteiger partial charge on any atom is -0.383 e. The Morgan fingerprint density at radius 3 is 2.70 bits per heavy atom. The second kappa shape index (κ2) is 9.63. The summed E-state index contributed by atoms with van der Waals surface area (Å²) in [6.07, 6.45) is 4.33. The first-order valence-corrected chi connectivity index (χ1v) is 11.2. The van der Waals surface area contributed by atoms with Gasteiger partial charge in [-0.3, -0.25) is 14.2 Å². The van der Waals surface area contributed by atoms with Crippen LogP contribution in [0.25, 0.3) is 10.9 Å². The van der Waals surface area contributed by atoms with E-state index in [9.17, 15) is 14.9 Å². The number of rotatable bonds is 7. The van der Waals surface area contributed by atoms with Crippen molar-refractivity contribution in [1.29, 1.82) is 5.26 Å². The maximum absolute atomic E-state index is 13.1. The van der Waals surface area contributed by atoms with E-state index < -0.39 is 10.8 Å². The Kier molecular flexibility index (Phi) is 7.16. The smallest absolute Gasteiger partial charge is 0.262 e.